The van der Waals surface area contributed by atoms with Crippen LogP contribution < -0.4 is 5.32 Å². The van der Waals surface area contributed by atoms with E-state index in [9.17, 15) is 0 Å². The van der Waals surface area contributed by atoms with Gasteiger partial charge in [0, 0.05) is 32.7 Å². The summed E-state index contributed by atoms with van der Waals surface area (Å²) in [5, 5.41) is 3.19. The molecule has 8 heavy (non-hydrogen) atoms. The van der Waals surface area contributed by atoms with Crippen LogP contribution in [0.3, 0.4) is 0 Å². The molecule has 1 radical (unpaired) electrons. The maximum atomic E-state index is 3.90. The topological polar surface area (TPSA) is 12.0 Å². The predicted molar refractivity (Wildman–Crippen MR) is 30.6 cm³/mol. The van der Waals surface area contributed by atoms with E-state index in [-0.39, 0.29) is 38.1 Å². The molecule has 45 valence electrons. The fourth-order valence-electron chi connectivity index (χ4n) is 0.795. The minimum absolute atomic E-state index is 0. The van der Waals surface area contributed by atoms with E-state index in [1.165, 1.54) is 0 Å². The number of hydrogen-bond donors (Lipinski definition) is 1. The second-order valence-electron chi connectivity index (χ2n) is 2.43. The Morgan fingerprint density at radius 2 is 2.00 bits per heavy atom. The van der Waals surface area contributed by atoms with E-state index in [0.29, 0.717) is 0 Å². The fraction of sp³-hybridized carbons (Fsp3) is 0.667. The summed E-state index contributed by atoms with van der Waals surface area (Å²) >= 11 is 0. The van der Waals surface area contributed by atoms with E-state index < -0.39 is 0 Å². The summed E-state index contributed by atoms with van der Waals surface area (Å²) in [5.74, 6) is 0. The van der Waals surface area contributed by atoms with Gasteiger partial charge >= 0.3 is 0 Å². The molecule has 0 aromatic heterocycles. The quantitative estimate of drug-likeness (QED) is 0.547. The van der Waals surface area contributed by atoms with Gasteiger partial charge < -0.3 is 19.2 Å². The summed E-state index contributed by atoms with van der Waals surface area (Å²) in [6, 6.07) is 0. The van der Waals surface area contributed by atoms with Crippen molar-refractivity contribution in [2.75, 3.05) is 13.1 Å². The number of nitrogens with one attached hydrogen (secondary N) is 1. The summed E-state index contributed by atoms with van der Waals surface area (Å²) in [7, 11) is 0. The SMILES string of the molecule is [CH2-]C1([CH2-])CCNC1.[Y]. The molecule has 0 aromatic carbocycles. The van der Waals surface area contributed by atoms with E-state index in [1.807, 2.05) is 0 Å². The summed E-state index contributed by atoms with van der Waals surface area (Å²) < 4.78 is 0. The van der Waals surface area contributed by atoms with Crippen LogP contribution in [0.4, 0.5) is 0 Å². The third-order valence-corrected chi connectivity index (χ3v) is 1.33. The molecule has 0 aromatic rings. The van der Waals surface area contributed by atoms with Crippen LogP contribution in [-0.2, 0) is 32.7 Å². The van der Waals surface area contributed by atoms with Gasteiger partial charge in [-0.15, -0.1) is 0 Å². The fourth-order valence-corrected chi connectivity index (χ4v) is 0.795. The molecule has 0 amide bonds. The van der Waals surface area contributed by atoms with Gasteiger partial charge in [0.15, 0.2) is 0 Å². The van der Waals surface area contributed by atoms with Crippen molar-refractivity contribution in [3.8, 4) is 0 Å². The minimum Gasteiger partial charge on any atom is -0.365 e. The Morgan fingerprint density at radius 3 is 2.12 bits per heavy atom. The van der Waals surface area contributed by atoms with Gasteiger partial charge in [0.05, 0.1) is 0 Å². The van der Waals surface area contributed by atoms with Crippen molar-refractivity contribution < 1.29 is 32.7 Å². The van der Waals surface area contributed by atoms with E-state index in [2.05, 4.69) is 19.2 Å². The van der Waals surface area contributed by atoms with Crippen LogP contribution >= 0.6 is 0 Å². The maximum absolute atomic E-state index is 3.90. The first-order chi connectivity index (χ1) is 3.21. The Bertz CT molecular complexity index is 62.9. The van der Waals surface area contributed by atoms with E-state index in [1.54, 1.807) is 0 Å². The zero-order chi connectivity index (χ0) is 5.33. The minimum atomic E-state index is 0. The van der Waals surface area contributed by atoms with Crippen molar-refractivity contribution in [2.45, 2.75) is 6.42 Å². The second-order valence-corrected chi connectivity index (χ2v) is 2.43. The Labute approximate surface area is 76.5 Å². The van der Waals surface area contributed by atoms with Crippen molar-refractivity contribution in [3.05, 3.63) is 13.8 Å². The van der Waals surface area contributed by atoms with Crippen molar-refractivity contribution in [1.29, 1.82) is 0 Å². The van der Waals surface area contributed by atoms with Gasteiger partial charge in [-0.1, -0.05) is 13.0 Å². The smallest absolute Gasteiger partial charge is 0 e. The first-order valence-electron chi connectivity index (χ1n) is 2.62. The molecule has 0 bridgehead atoms. The molecule has 2 heteroatoms. The molecule has 1 heterocycles. The van der Waals surface area contributed by atoms with E-state index >= 15 is 0 Å². The molecule has 1 nitrogen and oxygen atoms in total. The van der Waals surface area contributed by atoms with Gasteiger partial charge in [0.2, 0.25) is 0 Å². The first kappa shape index (κ1) is 9.06. The molecular formula is C6H11NY-2. The van der Waals surface area contributed by atoms with Crippen LogP contribution in [0.1, 0.15) is 6.42 Å². The molecule has 1 aliphatic rings. The normalized spacial score (nSPS) is 24.8. The third-order valence-electron chi connectivity index (χ3n) is 1.33. The van der Waals surface area contributed by atoms with Crippen molar-refractivity contribution in [3.63, 3.8) is 0 Å². The van der Waals surface area contributed by atoms with Crippen LogP contribution in [0.25, 0.3) is 0 Å². The average Bonchev–Trinajstić information content (AvgIpc) is 1.84. The molecule has 1 saturated heterocycles. The maximum Gasteiger partial charge on any atom is 0 e. The Balaban J connectivity index is 0.000000490. The zero-order valence-electron chi connectivity index (χ0n) is 5.11. The summed E-state index contributed by atoms with van der Waals surface area (Å²) in [6.45, 7) is 9.86. The Kier molecular flexibility index (Phi) is 3.72. The molecule has 1 rings (SSSR count). The van der Waals surface area contributed by atoms with E-state index in [0.717, 1.165) is 19.5 Å². The molecule has 0 aliphatic carbocycles. The molecular weight excluding hydrogens is 175 g/mol. The van der Waals surface area contributed by atoms with Gasteiger partial charge in [-0.2, -0.15) is 0 Å². The van der Waals surface area contributed by atoms with Crippen LogP contribution in [0.2, 0.25) is 0 Å². The largest absolute Gasteiger partial charge is 0.365 e. The van der Waals surface area contributed by atoms with Crippen molar-refractivity contribution >= 4 is 0 Å². The number of rotatable bonds is 0. The monoisotopic (exact) mass is 186 g/mol. The molecule has 1 aliphatic heterocycles. The standard InChI is InChI=1S/C6H11N.Y/c1-6(2)3-4-7-5-6;/h7H,1-5H2;/q-2;. The molecule has 1 fully saturated rings. The Morgan fingerprint density at radius 1 is 1.38 bits per heavy atom. The molecule has 0 saturated carbocycles. The van der Waals surface area contributed by atoms with Gasteiger partial charge in [0.1, 0.15) is 0 Å². The molecule has 0 atom stereocenters. The van der Waals surface area contributed by atoms with Crippen LogP contribution in [0, 0.1) is 19.3 Å². The first-order valence-corrected chi connectivity index (χ1v) is 2.62. The van der Waals surface area contributed by atoms with Gasteiger partial charge in [-0.05, 0) is 6.54 Å². The van der Waals surface area contributed by atoms with Crippen molar-refractivity contribution in [1.82, 2.24) is 5.32 Å². The predicted octanol–water partition coefficient (Wildman–Crippen LogP) is 0.632. The zero-order valence-corrected chi connectivity index (χ0v) is 7.95. The summed E-state index contributed by atoms with van der Waals surface area (Å²) in [6.07, 6.45) is 1.12. The molecule has 0 unspecified atom stereocenters. The van der Waals surface area contributed by atoms with Crippen LogP contribution in [-0.4, -0.2) is 13.1 Å². The molecule has 0 spiro atoms. The third kappa shape index (κ3) is 2.56. The van der Waals surface area contributed by atoms with Crippen LogP contribution in [0.5, 0.6) is 0 Å². The van der Waals surface area contributed by atoms with Crippen molar-refractivity contribution in [2.24, 2.45) is 5.41 Å². The molecule has 1 N–H and O–H groups in total. The van der Waals surface area contributed by atoms with Gasteiger partial charge in [0.25, 0.3) is 0 Å². The number of hydrogen-bond acceptors (Lipinski definition) is 1. The summed E-state index contributed by atoms with van der Waals surface area (Å²) in [4.78, 5) is 0. The van der Waals surface area contributed by atoms with Gasteiger partial charge in [-0.25, -0.2) is 0 Å². The second kappa shape index (κ2) is 3.29. The Hall–Kier alpha value is 1.06. The van der Waals surface area contributed by atoms with Gasteiger partial charge in [-0.3, -0.25) is 5.41 Å². The van der Waals surface area contributed by atoms with Crippen LogP contribution in [0.15, 0.2) is 0 Å². The summed E-state index contributed by atoms with van der Waals surface area (Å²) in [5.41, 5.74) is 0.0833. The van der Waals surface area contributed by atoms with E-state index in [4.69, 9.17) is 0 Å². The average molecular weight is 186 g/mol.